The van der Waals surface area contributed by atoms with Gasteiger partial charge in [0.05, 0.1) is 0 Å². The lowest BCUT2D eigenvalue weighted by molar-refractivity contribution is 0.0910. The Hall–Kier alpha value is -1.35. The van der Waals surface area contributed by atoms with Crippen molar-refractivity contribution in [1.29, 1.82) is 0 Å². The van der Waals surface area contributed by atoms with Crippen LogP contribution in [0.25, 0.3) is 0 Å². The highest BCUT2D eigenvalue weighted by Gasteiger charge is 2.36. The molecule has 1 aromatic carbocycles. The van der Waals surface area contributed by atoms with E-state index in [0.717, 1.165) is 18.4 Å². The van der Waals surface area contributed by atoms with Crippen LogP contribution in [0, 0.1) is 0 Å². The molecule has 2 saturated carbocycles. The highest BCUT2D eigenvalue weighted by molar-refractivity contribution is 5.97. The van der Waals surface area contributed by atoms with Crippen molar-refractivity contribution in [3.05, 3.63) is 34.9 Å². The fourth-order valence-electron chi connectivity index (χ4n) is 4.79. The highest BCUT2D eigenvalue weighted by atomic mass is 16.1. The zero-order chi connectivity index (χ0) is 16.5. The standard InChI is InChI=1S/C21H30N2O/c1-2-15-7-5-8-17(16-11-12-16)20(15)21(24)22-18-9-6-10-19(18)23-13-3-4-14-23/h5,7-8,16,18-19H,2-4,6,9-14H2,1H3,(H,22,24). The molecule has 1 aliphatic heterocycles. The molecule has 0 radical (unpaired) electrons. The molecule has 2 aliphatic carbocycles. The Bertz CT molecular complexity index is 602. The second kappa shape index (κ2) is 6.87. The first-order chi connectivity index (χ1) is 11.8. The van der Waals surface area contributed by atoms with Gasteiger partial charge in [0.25, 0.3) is 5.91 Å². The Labute approximate surface area is 145 Å². The molecule has 1 N–H and O–H groups in total. The van der Waals surface area contributed by atoms with E-state index in [1.54, 1.807) is 0 Å². The minimum Gasteiger partial charge on any atom is -0.348 e. The van der Waals surface area contributed by atoms with Crippen LogP contribution in [0.3, 0.4) is 0 Å². The van der Waals surface area contributed by atoms with Crippen LogP contribution in [0.15, 0.2) is 18.2 Å². The van der Waals surface area contributed by atoms with Gasteiger partial charge in [0.2, 0.25) is 0 Å². The van der Waals surface area contributed by atoms with Gasteiger partial charge in [-0.1, -0.05) is 25.1 Å². The maximum atomic E-state index is 13.2. The van der Waals surface area contributed by atoms with Crippen LogP contribution in [-0.2, 0) is 6.42 Å². The van der Waals surface area contributed by atoms with Crippen molar-refractivity contribution in [2.45, 2.75) is 76.3 Å². The quantitative estimate of drug-likeness (QED) is 0.891. The first kappa shape index (κ1) is 16.1. The number of benzene rings is 1. The van der Waals surface area contributed by atoms with Crippen LogP contribution in [0.5, 0.6) is 0 Å². The van der Waals surface area contributed by atoms with Gasteiger partial charge >= 0.3 is 0 Å². The Balaban J connectivity index is 1.53. The average molecular weight is 326 g/mol. The third kappa shape index (κ3) is 3.11. The highest BCUT2D eigenvalue weighted by Crippen LogP contribution is 2.42. The molecule has 2 unspecified atom stereocenters. The normalized spacial score (nSPS) is 27.5. The maximum absolute atomic E-state index is 13.2. The molecule has 24 heavy (non-hydrogen) atoms. The van der Waals surface area contributed by atoms with E-state index in [9.17, 15) is 4.79 Å². The second-order valence-electron chi connectivity index (χ2n) is 7.83. The lowest BCUT2D eigenvalue weighted by Crippen LogP contribution is -2.48. The van der Waals surface area contributed by atoms with Crippen molar-refractivity contribution in [2.75, 3.05) is 13.1 Å². The van der Waals surface area contributed by atoms with Crippen molar-refractivity contribution < 1.29 is 4.79 Å². The molecule has 130 valence electrons. The second-order valence-corrected chi connectivity index (χ2v) is 7.83. The van der Waals surface area contributed by atoms with Gasteiger partial charge in [-0.2, -0.15) is 0 Å². The van der Waals surface area contributed by atoms with Crippen LogP contribution in [0.2, 0.25) is 0 Å². The lowest BCUT2D eigenvalue weighted by atomic mass is 9.95. The summed E-state index contributed by atoms with van der Waals surface area (Å²) < 4.78 is 0. The summed E-state index contributed by atoms with van der Waals surface area (Å²) >= 11 is 0. The van der Waals surface area contributed by atoms with Crippen molar-refractivity contribution in [3.8, 4) is 0 Å². The minimum absolute atomic E-state index is 0.186. The minimum atomic E-state index is 0.186. The van der Waals surface area contributed by atoms with Gasteiger partial charge in [0, 0.05) is 17.6 Å². The third-order valence-corrected chi connectivity index (χ3v) is 6.21. The molecule has 0 aromatic heterocycles. The molecular weight excluding hydrogens is 296 g/mol. The van der Waals surface area contributed by atoms with Crippen LogP contribution >= 0.6 is 0 Å². The molecule has 1 saturated heterocycles. The Morgan fingerprint density at radius 2 is 1.92 bits per heavy atom. The summed E-state index contributed by atoms with van der Waals surface area (Å²) in [4.78, 5) is 15.8. The number of carbonyl (C=O) groups is 1. The van der Waals surface area contributed by atoms with Gasteiger partial charge in [-0.15, -0.1) is 0 Å². The van der Waals surface area contributed by atoms with Crippen LogP contribution in [0.1, 0.15) is 79.3 Å². The molecule has 0 spiro atoms. The number of nitrogens with one attached hydrogen (secondary N) is 1. The molecule has 0 bridgehead atoms. The monoisotopic (exact) mass is 326 g/mol. The Kier molecular flexibility index (Phi) is 4.62. The number of hydrogen-bond donors (Lipinski definition) is 1. The predicted molar refractivity (Wildman–Crippen MR) is 97.5 cm³/mol. The lowest BCUT2D eigenvalue weighted by Gasteiger charge is -2.30. The van der Waals surface area contributed by atoms with E-state index in [1.807, 2.05) is 0 Å². The summed E-state index contributed by atoms with van der Waals surface area (Å²) in [5.41, 5.74) is 3.50. The molecule has 3 aliphatic rings. The molecule has 1 heterocycles. The van der Waals surface area contributed by atoms with E-state index in [4.69, 9.17) is 0 Å². The number of nitrogens with zero attached hydrogens (tertiary/aromatic N) is 1. The van der Waals surface area contributed by atoms with Crippen molar-refractivity contribution in [2.24, 2.45) is 0 Å². The van der Waals surface area contributed by atoms with E-state index < -0.39 is 0 Å². The number of rotatable bonds is 5. The van der Waals surface area contributed by atoms with Crippen molar-refractivity contribution in [1.82, 2.24) is 10.2 Å². The fourth-order valence-corrected chi connectivity index (χ4v) is 4.79. The SMILES string of the molecule is CCc1cccc(C2CC2)c1C(=O)NC1CCCC1N1CCCC1. The summed E-state index contributed by atoms with van der Waals surface area (Å²) in [6, 6.07) is 7.35. The first-order valence-electron chi connectivity index (χ1n) is 9.94. The third-order valence-electron chi connectivity index (χ3n) is 6.21. The van der Waals surface area contributed by atoms with Gasteiger partial charge in [-0.05, 0) is 81.5 Å². The number of likely N-dealkylation sites (tertiary alicyclic amines) is 1. The van der Waals surface area contributed by atoms with Crippen LogP contribution < -0.4 is 5.32 Å². The van der Waals surface area contributed by atoms with Crippen LogP contribution in [-0.4, -0.2) is 36.0 Å². The largest absolute Gasteiger partial charge is 0.348 e. The van der Waals surface area contributed by atoms with Gasteiger partial charge in [-0.25, -0.2) is 0 Å². The van der Waals surface area contributed by atoms with Crippen LogP contribution in [0.4, 0.5) is 0 Å². The van der Waals surface area contributed by atoms with E-state index >= 15 is 0 Å². The Morgan fingerprint density at radius 1 is 1.12 bits per heavy atom. The summed E-state index contributed by atoms with van der Waals surface area (Å²) in [5.74, 6) is 0.806. The number of aryl methyl sites for hydroxylation is 1. The van der Waals surface area contributed by atoms with Gasteiger partial charge in [-0.3, -0.25) is 9.69 Å². The summed E-state index contributed by atoms with van der Waals surface area (Å²) in [6.07, 6.45) is 9.69. The zero-order valence-corrected chi connectivity index (χ0v) is 14.9. The van der Waals surface area contributed by atoms with E-state index in [-0.39, 0.29) is 5.91 Å². The molecule has 2 atom stereocenters. The molecule has 3 fully saturated rings. The summed E-state index contributed by atoms with van der Waals surface area (Å²) in [6.45, 7) is 4.59. The van der Waals surface area contributed by atoms with Crippen molar-refractivity contribution >= 4 is 5.91 Å². The molecule has 1 aromatic rings. The van der Waals surface area contributed by atoms with E-state index in [2.05, 4.69) is 35.3 Å². The first-order valence-corrected chi connectivity index (χ1v) is 9.94. The topological polar surface area (TPSA) is 32.3 Å². The predicted octanol–water partition coefficient (Wildman–Crippen LogP) is 3.87. The smallest absolute Gasteiger partial charge is 0.252 e. The van der Waals surface area contributed by atoms with Gasteiger partial charge in [0.1, 0.15) is 0 Å². The Morgan fingerprint density at radius 3 is 2.62 bits per heavy atom. The maximum Gasteiger partial charge on any atom is 0.252 e. The van der Waals surface area contributed by atoms with E-state index in [1.165, 1.54) is 62.7 Å². The summed E-state index contributed by atoms with van der Waals surface area (Å²) in [7, 11) is 0. The molecule has 3 nitrogen and oxygen atoms in total. The fraction of sp³-hybridized carbons (Fsp3) is 0.667. The van der Waals surface area contributed by atoms with Gasteiger partial charge in [0.15, 0.2) is 0 Å². The number of carbonyl (C=O) groups excluding carboxylic acids is 1. The van der Waals surface area contributed by atoms with Gasteiger partial charge < -0.3 is 5.32 Å². The molecule has 1 amide bonds. The molecular formula is C21H30N2O. The molecule has 4 rings (SSSR count). The van der Waals surface area contributed by atoms with Crippen molar-refractivity contribution in [3.63, 3.8) is 0 Å². The average Bonchev–Trinajstić information content (AvgIpc) is 3.11. The van der Waals surface area contributed by atoms with E-state index in [0.29, 0.717) is 18.0 Å². The zero-order valence-electron chi connectivity index (χ0n) is 14.9. The molecule has 3 heteroatoms. The number of hydrogen-bond acceptors (Lipinski definition) is 2. The summed E-state index contributed by atoms with van der Waals surface area (Å²) in [5, 5.41) is 3.44. The number of amides is 1.